The predicted octanol–water partition coefficient (Wildman–Crippen LogP) is 14.8. The standard InChI is InChI=1S/C51H99NO6/c1-8-12-22-31-46(32-23-13-9-2)39-43-56-49(53)37-28-19-17-16-18-26-35-48(51(55)58-42-30-41-52(7)45(5)6)36-27-20-21-29-38-50(54)57-44-40-47(33-24-14-10-3)34-25-15-11-4/h45-48H,8-44H2,1-7H3. The molecule has 0 aromatic carbocycles. The fourth-order valence-electron chi connectivity index (χ4n) is 8.04. The first kappa shape index (κ1) is 56.4. The number of ether oxygens (including phenoxy) is 3. The van der Waals surface area contributed by atoms with E-state index in [2.05, 4.69) is 53.5 Å². The second kappa shape index (κ2) is 42.1. The molecule has 0 aliphatic heterocycles. The Hall–Kier alpha value is -1.63. The molecule has 0 aromatic rings. The summed E-state index contributed by atoms with van der Waals surface area (Å²) in [5, 5.41) is 0. The topological polar surface area (TPSA) is 82.1 Å². The van der Waals surface area contributed by atoms with E-state index < -0.39 is 0 Å². The summed E-state index contributed by atoms with van der Waals surface area (Å²) in [5.41, 5.74) is 0. The molecule has 58 heavy (non-hydrogen) atoms. The van der Waals surface area contributed by atoms with Gasteiger partial charge in [0, 0.05) is 25.4 Å². The molecular formula is C51H99NO6. The average Bonchev–Trinajstić information content (AvgIpc) is 3.20. The zero-order valence-corrected chi connectivity index (χ0v) is 39.9. The van der Waals surface area contributed by atoms with Crippen molar-refractivity contribution in [1.29, 1.82) is 0 Å². The van der Waals surface area contributed by atoms with Crippen LogP contribution in [-0.2, 0) is 28.6 Å². The number of hydrogen-bond acceptors (Lipinski definition) is 7. The number of hydrogen-bond donors (Lipinski definition) is 0. The van der Waals surface area contributed by atoms with Gasteiger partial charge in [0.25, 0.3) is 0 Å². The van der Waals surface area contributed by atoms with Crippen molar-refractivity contribution in [3.63, 3.8) is 0 Å². The smallest absolute Gasteiger partial charge is 0.308 e. The molecule has 1 atom stereocenters. The number of carbonyl (C=O) groups is 3. The van der Waals surface area contributed by atoms with Crippen LogP contribution in [0.5, 0.6) is 0 Å². The largest absolute Gasteiger partial charge is 0.466 e. The van der Waals surface area contributed by atoms with E-state index in [-0.39, 0.29) is 23.8 Å². The van der Waals surface area contributed by atoms with E-state index >= 15 is 0 Å². The molecule has 7 heteroatoms. The highest BCUT2D eigenvalue weighted by Crippen LogP contribution is 2.24. The third kappa shape index (κ3) is 36.2. The lowest BCUT2D eigenvalue weighted by molar-refractivity contribution is -0.149. The normalized spacial score (nSPS) is 12.3. The average molecular weight is 822 g/mol. The molecule has 0 bridgehead atoms. The summed E-state index contributed by atoms with van der Waals surface area (Å²) in [4.78, 5) is 40.3. The highest BCUT2D eigenvalue weighted by molar-refractivity contribution is 5.72. The Morgan fingerprint density at radius 3 is 1.16 bits per heavy atom. The summed E-state index contributed by atoms with van der Waals surface area (Å²) in [6.07, 6.45) is 36.2. The fourth-order valence-corrected chi connectivity index (χ4v) is 8.04. The van der Waals surface area contributed by atoms with Gasteiger partial charge in [0.05, 0.1) is 25.7 Å². The lowest BCUT2D eigenvalue weighted by Gasteiger charge is -2.21. The molecule has 0 aliphatic rings. The third-order valence-electron chi connectivity index (χ3n) is 12.4. The van der Waals surface area contributed by atoms with Crippen molar-refractivity contribution in [3.05, 3.63) is 0 Å². The van der Waals surface area contributed by atoms with Gasteiger partial charge in [-0.1, -0.05) is 182 Å². The number of esters is 3. The van der Waals surface area contributed by atoms with Crippen molar-refractivity contribution in [2.24, 2.45) is 17.8 Å². The minimum Gasteiger partial charge on any atom is -0.466 e. The molecule has 0 saturated heterocycles. The van der Waals surface area contributed by atoms with Crippen LogP contribution in [0.25, 0.3) is 0 Å². The summed E-state index contributed by atoms with van der Waals surface area (Å²) in [7, 11) is 2.11. The molecule has 0 saturated carbocycles. The van der Waals surface area contributed by atoms with Crippen LogP contribution in [0.1, 0.15) is 253 Å². The molecule has 0 N–H and O–H groups in total. The molecule has 0 rings (SSSR count). The van der Waals surface area contributed by atoms with E-state index in [0.29, 0.717) is 50.5 Å². The fraction of sp³-hybridized carbons (Fsp3) is 0.941. The van der Waals surface area contributed by atoms with Crippen LogP contribution in [0.15, 0.2) is 0 Å². The lowest BCUT2D eigenvalue weighted by Crippen LogP contribution is -2.28. The van der Waals surface area contributed by atoms with E-state index in [0.717, 1.165) is 103 Å². The molecule has 1 unspecified atom stereocenters. The van der Waals surface area contributed by atoms with Gasteiger partial charge in [0.15, 0.2) is 0 Å². The zero-order chi connectivity index (χ0) is 42.9. The maximum atomic E-state index is 13.2. The Bertz CT molecular complexity index is 905. The van der Waals surface area contributed by atoms with Crippen LogP contribution in [0.3, 0.4) is 0 Å². The van der Waals surface area contributed by atoms with Crippen LogP contribution < -0.4 is 0 Å². The first-order valence-electron chi connectivity index (χ1n) is 25.4. The second-order valence-corrected chi connectivity index (χ2v) is 18.1. The van der Waals surface area contributed by atoms with Gasteiger partial charge in [0.2, 0.25) is 0 Å². The van der Waals surface area contributed by atoms with Crippen LogP contribution >= 0.6 is 0 Å². The van der Waals surface area contributed by atoms with Crippen molar-refractivity contribution in [3.8, 4) is 0 Å². The van der Waals surface area contributed by atoms with Crippen molar-refractivity contribution in [1.82, 2.24) is 4.90 Å². The monoisotopic (exact) mass is 822 g/mol. The molecule has 344 valence electrons. The number of nitrogens with zero attached hydrogens (tertiary/aromatic N) is 1. The Morgan fingerprint density at radius 1 is 0.414 bits per heavy atom. The quantitative estimate of drug-likeness (QED) is 0.0344. The Kier molecular flexibility index (Phi) is 40.9. The highest BCUT2D eigenvalue weighted by Gasteiger charge is 2.20. The summed E-state index contributed by atoms with van der Waals surface area (Å²) < 4.78 is 17.1. The van der Waals surface area contributed by atoms with Crippen molar-refractivity contribution in [2.75, 3.05) is 33.4 Å². The van der Waals surface area contributed by atoms with Crippen molar-refractivity contribution >= 4 is 17.9 Å². The minimum atomic E-state index is -0.0555. The van der Waals surface area contributed by atoms with Gasteiger partial charge in [-0.15, -0.1) is 0 Å². The van der Waals surface area contributed by atoms with Crippen LogP contribution in [0.4, 0.5) is 0 Å². The molecule has 0 heterocycles. The molecule has 0 aromatic heterocycles. The van der Waals surface area contributed by atoms with Gasteiger partial charge < -0.3 is 19.1 Å². The van der Waals surface area contributed by atoms with Gasteiger partial charge >= 0.3 is 17.9 Å². The predicted molar refractivity (Wildman–Crippen MR) is 246 cm³/mol. The van der Waals surface area contributed by atoms with Gasteiger partial charge in [0.1, 0.15) is 0 Å². The Balaban J connectivity index is 4.47. The van der Waals surface area contributed by atoms with Crippen molar-refractivity contribution in [2.45, 2.75) is 259 Å². The Labute approximate surface area is 361 Å². The molecular weight excluding hydrogens is 723 g/mol. The second-order valence-electron chi connectivity index (χ2n) is 18.1. The Morgan fingerprint density at radius 2 is 0.776 bits per heavy atom. The van der Waals surface area contributed by atoms with E-state index in [1.807, 2.05) is 0 Å². The molecule has 0 radical (unpaired) electrons. The van der Waals surface area contributed by atoms with E-state index in [9.17, 15) is 14.4 Å². The summed E-state index contributed by atoms with van der Waals surface area (Å²) in [5.74, 6) is 1.20. The van der Waals surface area contributed by atoms with Crippen molar-refractivity contribution < 1.29 is 28.6 Å². The number of rotatable bonds is 44. The molecule has 0 amide bonds. The highest BCUT2D eigenvalue weighted by atomic mass is 16.5. The number of unbranched alkanes of at least 4 members (excludes halogenated alkanes) is 16. The summed E-state index contributed by atoms with van der Waals surface area (Å²) in [6.45, 7) is 15.9. The molecule has 7 nitrogen and oxygen atoms in total. The van der Waals surface area contributed by atoms with Gasteiger partial charge in [-0.05, 0) is 77.7 Å². The maximum absolute atomic E-state index is 13.2. The van der Waals surface area contributed by atoms with Gasteiger partial charge in [-0.25, -0.2) is 0 Å². The van der Waals surface area contributed by atoms with Crippen LogP contribution in [0.2, 0.25) is 0 Å². The minimum absolute atomic E-state index is 0.0345. The first-order valence-corrected chi connectivity index (χ1v) is 25.4. The van der Waals surface area contributed by atoms with E-state index in [1.165, 1.54) is 103 Å². The van der Waals surface area contributed by atoms with Gasteiger partial charge in [-0.2, -0.15) is 0 Å². The molecule has 0 fully saturated rings. The van der Waals surface area contributed by atoms with Gasteiger partial charge in [-0.3, -0.25) is 14.4 Å². The summed E-state index contributed by atoms with van der Waals surface area (Å²) in [6, 6.07) is 0.482. The van der Waals surface area contributed by atoms with Crippen LogP contribution in [0, 0.1) is 17.8 Å². The molecule has 0 spiro atoms. The zero-order valence-electron chi connectivity index (χ0n) is 39.9. The third-order valence-corrected chi connectivity index (χ3v) is 12.4. The maximum Gasteiger partial charge on any atom is 0.308 e. The summed E-state index contributed by atoms with van der Waals surface area (Å²) >= 11 is 0. The number of carbonyl (C=O) groups excluding carboxylic acids is 3. The van der Waals surface area contributed by atoms with E-state index in [1.54, 1.807) is 0 Å². The first-order chi connectivity index (χ1) is 28.2. The molecule has 0 aliphatic carbocycles. The SMILES string of the molecule is CCCCCC(CCCCC)CCOC(=O)CCCCCCCCC(CCCCCCC(=O)OCCC(CCCCC)CCCCC)C(=O)OCCCN(C)C(C)C. The van der Waals surface area contributed by atoms with Crippen LogP contribution in [-0.4, -0.2) is 62.3 Å². The lowest BCUT2D eigenvalue weighted by atomic mass is 9.92. The van der Waals surface area contributed by atoms with E-state index in [4.69, 9.17) is 14.2 Å².